The van der Waals surface area contributed by atoms with Crippen molar-refractivity contribution in [1.82, 2.24) is 10.8 Å². The summed E-state index contributed by atoms with van der Waals surface area (Å²) in [4.78, 5) is 24.2. The van der Waals surface area contributed by atoms with Crippen molar-refractivity contribution in [1.29, 1.82) is 0 Å². The van der Waals surface area contributed by atoms with Gasteiger partial charge in [-0.3, -0.25) is 14.8 Å². The summed E-state index contributed by atoms with van der Waals surface area (Å²) >= 11 is 0. The topological polar surface area (TPSA) is 96.9 Å². The molecule has 0 aliphatic heterocycles. The molecule has 3 N–H and O–H groups in total. The van der Waals surface area contributed by atoms with Gasteiger partial charge in [-0.1, -0.05) is 24.3 Å². The molecule has 3 rings (SSSR count). The fourth-order valence-corrected chi connectivity index (χ4v) is 2.90. The van der Waals surface area contributed by atoms with E-state index in [1.807, 2.05) is 12.1 Å². The summed E-state index contributed by atoms with van der Waals surface area (Å²) < 4.78 is 10.6. The standard InChI is InChI=1S/C23H24N2O5/c1-29-20-10-6-16(14-21(20)30-2)13-19(23(27)24-18-8-9-18)17-5-3-4-15(12-17)7-11-22(26)25-28/h3-7,10-14,18,28H,8-9H2,1-2H3,(H,24,27)(H,25,26)/b11-7+,19-13+. The van der Waals surface area contributed by atoms with Crippen LogP contribution < -0.4 is 20.3 Å². The van der Waals surface area contributed by atoms with Crippen LogP contribution in [0.2, 0.25) is 0 Å². The van der Waals surface area contributed by atoms with Crippen LogP contribution in [0.15, 0.2) is 48.5 Å². The largest absolute Gasteiger partial charge is 0.493 e. The number of hydroxylamine groups is 1. The van der Waals surface area contributed by atoms with E-state index in [1.54, 1.807) is 62.2 Å². The van der Waals surface area contributed by atoms with Crippen molar-refractivity contribution in [3.8, 4) is 11.5 Å². The fraction of sp³-hybridized carbons (Fsp3) is 0.217. The number of benzene rings is 2. The molecular weight excluding hydrogens is 384 g/mol. The molecule has 1 aliphatic rings. The van der Waals surface area contributed by atoms with Gasteiger partial charge in [0.1, 0.15) is 0 Å². The molecular formula is C23H24N2O5. The zero-order valence-electron chi connectivity index (χ0n) is 16.8. The molecule has 7 nitrogen and oxygen atoms in total. The summed E-state index contributed by atoms with van der Waals surface area (Å²) in [5.74, 6) is 0.377. The van der Waals surface area contributed by atoms with Gasteiger partial charge in [-0.05, 0) is 59.9 Å². The molecule has 0 heterocycles. The highest BCUT2D eigenvalue weighted by molar-refractivity contribution is 6.24. The molecule has 0 saturated heterocycles. The zero-order valence-corrected chi connectivity index (χ0v) is 16.8. The molecule has 0 unspecified atom stereocenters. The Bertz CT molecular complexity index is 993. The summed E-state index contributed by atoms with van der Waals surface area (Å²) in [6.45, 7) is 0. The van der Waals surface area contributed by atoms with Gasteiger partial charge in [-0.15, -0.1) is 0 Å². The quantitative estimate of drug-likeness (QED) is 0.270. The van der Waals surface area contributed by atoms with Crippen LogP contribution in [-0.2, 0) is 9.59 Å². The van der Waals surface area contributed by atoms with E-state index in [9.17, 15) is 9.59 Å². The molecule has 0 radical (unpaired) electrons. The first-order chi connectivity index (χ1) is 14.5. The zero-order chi connectivity index (χ0) is 21.5. The minimum atomic E-state index is -0.632. The van der Waals surface area contributed by atoms with E-state index in [2.05, 4.69) is 5.32 Å². The van der Waals surface area contributed by atoms with Crippen molar-refractivity contribution in [3.05, 3.63) is 65.2 Å². The number of hydrogen-bond acceptors (Lipinski definition) is 5. The van der Waals surface area contributed by atoms with Crippen LogP contribution in [-0.4, -0.2) is 37.3 Å². The van der Waals surface area contributed by atoms with Crippen LogP contribution in [0.4, 0.5) is 0 Å². The highest BCUT2D eigenvalue weighted by Gasteiger charge is 2.25. The molecule has 7 heteroatoms. The Labute approximate surface area is 175 Å². The van der Waals surface area contributed by atoms with Crippen LogP contribution in [0.5, 0.6) is 11.5 Å². The number of rotatable bonds is 8. The van der Waals surface area contributed by atoms with Gasteiger partial charge in [0.2, 0.25) is 0 Å². The first kappa shape index (κ1) is 21.1. The predicted octanol–water partition coefficient (Wildman–Crippen LogP) is 3.04. The van der Waals surface area contributed by atoms with Gasteiger partial charge in [-0.2, -0.15) is 0 Å². The summed E-state index contributed by atoms with van der Waals surface area (Å²) in [5.41, 5.74) is 4.25. The highest BCUT2D eigenvalue weighted by Crippen LogP contribution is 2.30. The van der Waals surface area contributed by atoms with Crippen molar-refractivity contribution in [2.24, 2.45) is 0 Å². The number of carbonyl (C=O) groups excluding carboxylic acids is 2. The van der Waals surface area contributed by atoms with E-state index in [0.717, 1.165) is 18.4 Å². The second kappa shape index (κ2) is 9.76. The van der Waals surface area contributed by atoms with Gasteiger partial charge >= 0.3 is 0 Å². The Kier molecular flexibility index (Phi) is 6.87. The van der Waals surface area contributed by atoms with Crippen LogP contribution in [0, 0.1) is 0 Å². The molecule has 1 fully saturated rings. The van der Waals surface area contributed by atoms with Crippen molar-refractivity contribution in [3.63, 3.8) is 0 Å². The molecule has 0 spiro atoms. The average Bonchev–Trinajstić information content (AvgIpc) is 3.59. The average molecular weight is 408 g/mol. The summed E-state index contributed by atoms with van der Waals surface area (Å²) in [7, 11) is 3.13. The second-order valence-electron chi connectivity index (χ2n) is 6.86. The van der Waals surface area contributed by atoms with Gasteiger partial charge in [0.15, 0.2) is 11.5 Å². The Morgan fingerprint density at radius 2 is 1.80 bits per heavy atom. The molecule has 0 aromatic heterocycles. The molecule has 156 valence electrons. The minimum Gasteiger partial charge on any atom is -0.493 e. The van der Waals surface area contributed by atoms with E-state index < -0.39 is 5.91 Å². The van der Waals surface area contributed by atoms with Crippen LogP contribution >= 0.6 is 0 Å². The molecule has 1 aliphatic carbocycles. The molecule has 0 bridgehead atoms. The van der Waals surface area contributed by atoms with Gasteiger partial charge in [-0.25, -0.2) is 5.48 Å². The number of nitrogens with one attached hydrogen (secondary N) is 2. The normalized spacial score (nSPS) is 13.8. The van der Waals surface area contributed by atoms with E-state index in [0.29, 0.717) is 28.2 Å². The first-order valence-electron chi connectivity index (χ1n) is 9.51. The maximum absolute atomic E-state index is 12.9. The van der Waals surface area contributed by atoms with Crippen molar-refractivity contribution < 1.29 is 24.3 Å². The van der Waals surface area contributed by atoms with Crippen LogP contribution in [0.1, 0.15) is 29.5 Å². The smallest absolute Gasteiger partial charge is 0.267 e. The van der Waals surface area contributed by atoms with E-state index >= 15 is 0 Å². The molecule has 0 atom stereocenters. The lowest BCUT2D eigenvalue weighted by Crippen LogP contribution is -2.26. The SMILES string of the molecule is COc1ccc(/C=C(/C(=O)NC2CC2)c2cccc(/C=C/C(=O)NO)c2)cc1OC. The van der Waals surface area contributed by atoms with Gasteiger partial charge in [0, 0.05) is 17.7 Å². The number of ether oxygens (including phenoxy) is 2. The Hall–Kier alpha value is -3.58. The van der Waals surface area contributed by atoms with E-state index in [1.165, 1.54) is 6.08 Å². The summed E-state index contributed by atoms with van der Waals surface area (Å²) in [5, 5.41) is 11.7. The lowest BCUT2D eigenvalue weighted by Gasteiger charge is -2.11. The number of amides is 2. The maximum atomic E-state index is 12.9. The van der Waals surface area contributed by atoms with Crippen molar-refractivity contribution >= 4 is 29.5 Å². The summed E-state index contributed by atoms with van der Waals surface area (Å²) in [6, 6.07) is 12.9. The van der Waals surface area contributed by atoms with Crippen LogP contribution in [0.25, 0.3) is 17.7 Å². The molecule has 1 saturated carbocycles. The van der Waals surface area contributed by atoms with Crippen molar-refractivity contribution in [2.75, 3.05) is 14.2 Å². The second-order valence-corrected chi connectivity index (χ2v) is 6.86. The van der Waals surface area contributed by atoms with Gasteiger partial charge < -0.3 is 14.8 Å². The van der Waals surface area contributed by atoms with E-state index in [-0.39, 0.29) is 11.9 Å². The van der Waals surface area contributed by atoms with Gasteiger partial charge in [0.25, 0.3) is 11.8 Å². The molecule has 30 heavy (non-hydrogen) atoms. The third-order valence-corrected chi connectivity index (χ3v) is 4.61. The van der Waals surface area contributed by atoms with Gasteiger partial charge in [0.05, 0.1) is 14.2 Å². The highest BCUT2D eigenvalue weighted by atomic mass is 16.5. The molecule has 2 aromatic rings. The number of methoxy groups -OCH3 is 2. The van der Waals surface area contributed by atoms with Crippen LogP contribution in [0.3, 0.4) is 0 Å². The third-order valence-electron chi connectivity index (χ3n) is 4.61. The monoisotopic (exact) mass is 408 g/mol. The third kappa shape index (κ3) is 5.48. The molecule has 2 amide bonds. The van der Waals surface area contributed by atoms with Crippen molar-refractivity contribution in [2.45, 2.75) is 18.9 Å². The minimum absolute atomic E-state index is 0.165. The summed E-state index contributed by atoms with van der Waals surface area (Å²) in [6.07, 6.45) is 6.52. The maximum Gasteiger partial charge on any atom is 0.267 e. The lowest BCUT2D eigenvalue weighted by atomic mass is 9.99. The first-order valence-corrected chi connectivity index (χ1v) is 9.51. The predicted molar refractivity (Wildman–Crippen MR) is 114 cm³/mol. The lowest BCUT2D eigenvalue weighted by molar-refractivity contribution is -0.124. The Balaban J connectivity index is 1.99. The molecule has 2 aromatic carbocycles. The number of carbonyl (C=O) groups is 2. The fourth-order valence-electron chi connectivity index (χ4n) is 2.90. The number of hydrogen-bond donors (Lipinski definition) is 3. The Morgan fingerprint density at radius 1 is 1.03 bits per heavy atom. The Morgan fingerprint density at radius 3 is 2.47 bits per heavy atom. The van der Waals surface area contributed by atoms with E-state index in [4.69, 9.17) is 14.7 Å².